The molecule has 27 heavy (non-hydrogen) atoms. The Morgan fingerprint density at radius 3 is 2.44 bits per heavy atom. The molecular weight excluding hydrogens is 365 g/mol. The average molecular weight is 385 g/mol. The summed E-state index contributed by atoms with van der Waals surface area (Å²) in [6, 6.07) is 12.6. The Hall–Kier alpha value is -2.60. The van der Waals surface area contributed by atoms with Gasteiger partial charge in [-0.1, -0.05) is 32.0 Å². The molecule has 3 rings (SSSR count). The molecule has 0 radical (unpaired) electrons. The van der Waals surface area contributed by atoms with Crippen LogP contribution in [0.25, 0.3) is 5.57 Å². The van der Waals surface area contributed by atoms with Crippen LogP contribution in [-0.2, 0) is 9.59 Å². The highest BCUT2D eigenvalue weighted by Gasteiger charge is 2.40. The van der Waals surface area contributed by atoms with Crippen molar-refractivity contribution in [2.45, 2.75) is 20.3 Å². The number of rotatable bonds is 7. The van der Waals surface area contributed by atoms with Gasteiger partial charge < -0.3 is 4.74 Å². The lowest BCUT2D eigenvalue weighted by atomic mass is 10.1. The minimum atomic E-state index is -0.407. The maximum absolute atomic E-state index is 13.3. The van der Waals surface area contributed by atoms with E-state index < -0.39 is 11.7 Å². The summed E-state index contributed by atoms with van der Waals surface area (Å²) in [6.45, 7) is 4.48. The van der Waals surface area contributed by atoms with Gasteiger partial charge in [0.2, 0.25) is 0 Å². The summed E-state index contributed by atoms with van der Waals surface area (Å²) in [5.74, 6) is 0.0920. The van der Waals surface area contributed by atoms with Crippen LogP contribution in [0.4, 0.5) is 10.1 Å². The van der Waals surface area contributed by atoms with Crippen molar-refractivity contribution in [3.63, 3.8) is 0 Å². The van der Waals surface area contributed by atoms with Crippen molar-refractivity contribution in [2.75, 3.05) is 17.3 Å². The minimum absolute atomic E-state index is 0.312. The van der Waals surface area contributed by atoms with Gasteiger partial charge in [0.1, 0.15) is 11.6 Å². The molecule has 0 spiro atoms. The van der Waals surface area contributed by atoms with Crippen LogP contribution in [0.5, 0.6) is 5.75 Å². The highest BCUT2D eigenvalue weighted by molar-refractivity contribution is 8.04. The van der Waals surface area contributed by atoms with E-state index in [0.717, 1.165) is 11.3 Å². The van der Waals surface area contributed by atoms with Gasteiger partial charge in [-0.3, -0.25) is 9.59 Å². The second kappa shape index (κ2) is 8.39. The van der Waals surface area contributed by atoms with Gasteiger partial charge in [-0.05, 0) is 42.0 Å². The Balaban J connectivity index is 2.00. The number of hydrogen-bond donors (Lipinski definition) is 0. The average Bonchev–Trinajstić information content (AvgIpc) is 2.91. The van der Waals surface area contributed by atoms with Gasteiger partial charge in [0.25, 0.3) is 11.8 Å². The van der Waals surface area contributed by atoms with Gasteiger partial charge in [0, 0.05) is 6.07 Å². The van der Waals surface area contributed by atoms with Crippen LogP contribution < -0.4 is 9.64 Å². The molecule has 140 valence electrons. The lowest BCUT2D eigenvalue weighted by molar-refractivity contribution is -0.119. The normalized spacial score (nSPS) is 14.3. The predicted octanol–water partition coefficient (Wildman–Crippen LogP) is 4.65. The van der Waals surface area contributed by atoms with Crippen molar-refractivity contribution >= 4 is 34.8 Å². The van der Waals surface area contributed by atoms with E-state index in [1.807, 2.05) is 13.8 Å². The molecule has 2 amide bonds. The first-order valence-electron chi connectivity index (χ1n) is 8.81. The molecule has 0 saturated carbocycles. The van der Waals surface area contributed by atoms with Crippen LogP contribution in [0.3, 0.4) is 0 Å². The first kappa shape index (κ1) is 19.2. The molecule has 4 nitrogen and oxygen atoms in total. The fraction of sp³-hybridized carbons (Fsp3) is 0.238. The highest BCUT2D eigenvalue weighted by atomic mass is 32.2. The van der Waals surface area contributed by atoms with Gasteiger partial charge >= 0.3 is 0 Å². The zero-order chi connectivity index (χ0) is 19.4. The van der Waals surface area contributed by atoms with Gasteiger partial charge in [0.05, 0.1) is 22.8 Å². The Kier molecular flexibility index (Phi) is 5.96. The molecule has 0 unspecified atom stereocenters. The SMILES string of the molecule is CCCOc1cccc(N2C(=O)C(SCC)=C(c3ccc(F)cc3)C2=O)c1. The summed E-state index contributed by atoms with van der Waals surface area (Å²) in [4.78, 5) is 27.7. The van der Waals surface area contributed by atoms with Gasteiger partial charge in [-0.25, -0.2) is 9.29 Å². The first-order valence-corrected chi connectivity index (χ1v) is 9.80. The summed E-state index contributed by atoms with van der Waals surface area (Å²) in [5, 5.41) is 0. The summed E-state index contributed by atoms with van der Waals surface area (Å²) < 4.78 is 18.9. The van der Waals surface area contributed by atoms with Crippen molar-refractivity contribution in [1.82, 2.24) is 0 Å². The smallest absolute Gasteiger partial charge is 0.272 e. The fourth-order valence-corrected chi connectivity index (χ4v) is 3.68. The second-order valence-electron chi connectivity index (χ2n) is 5.94. The van der Waals surface area contributed by atoms with Crippen LogP contribution in [0, 0.1) is 5.82 Å². The molecule has 6 heteroatoms. The predicted molar refractivity (Wildman–Crippen MR) is 106 cm³/mol. The molecule has 0 aromatic heterocycles. The quantitative estimate of drug-likeness (QED) is 0.651. The number of halogens is 1. The van der Waals surface area contributed by atoms with E-state index in [0.29, 0.717) is 39.8 Å². The Bertz CT molecular complexity index is 893. The van der Waals surface area contributed by atoms with Crippen LogP contribution in [0.15, 0.2) is 53.4 Å². The molecule has 2 aromatic carbocycles. The van der Waals surface area contributed by atoms with E-state index in [9.17, 15) is 14.0 Å². The number of nitrogens with zero attached hydrogens (tertiary/aromatic N) is 1. The third kappa shape index (κ3) is 3.90. The van der Waals surface area contributed by atoms with E-state index in [1.54, 1.807) is 24.3 Å². The molecule has 0 atom stereocenters. The van der Waals surface area contributed by atoms with Crippen molar-refractivity contribution < 1.29 is 18.7 Å². The van der Waals surface area contributed by atoms with Crippen LogP contribution in [-0.4, -0.2) is 24.2 Å². The fourth-order valence-electron chi connectivity index (χ4n) is 2.83. The third-order valence-electron chi connectivity index (χ3n) is 4.01. The van der Waals surface area contributed by atoms with E-state index in [1.165, 1.54) is 36.0 Å². The topological polar surface area (TPSA) is 46.6 Å². The zero-order valence-electron chi connectivity index (χ0n) is 15.2. The summed E-state index contributed by atoms with van der Waals surface area (Å²) >= 11 is 1.32. The van der Waals surface area contributed by atoms with Gasteiger partial charge in [-0.15, -0.1) is 11.8 Å². The van der Waals surface area contributed by atoms with Crippen molar-refractivity contribution in [2.24, 2.45) is 0 Å². The van der Waals surface area contributed by atoms with Crippen LogP contribution in [0.1, 0.15) is 25.8 Å². The maximum Gasteiger partial charge on any atom is 0.272 e. The van der Waals surface area contributed by atoms with Crippen molar-refractivity contribution in [3.8, 4) is 5.75 Å². The maximum atomic E-state index is 13.3. The third-order valence-corrected chi connectivity index (χ3v) is 4.97. The summed E-state index contributed by atoms with van der Waals surface area (Å²) in [7, 11) is 0. The number of benzene rings is 2. The minimum Gasteiger partial charge on any atom is -0.494 e. The van der Waals surface area contributed by atoms with Gasteiger partial charge in [0.15, 0.2) is 0 Å². The largest absolute Gasteiger partial charge is 0.494 e. The number of hydrogen-bond acceptors (Lipinski definition) is 4. The molecule has 2 aromatic rings. The first-order chi connectivity index (χ1) is 13.1. The van der Waals surface area contributed by atoms with Crippen molar-refractivity contribution in [1.29, 1.82) is 0 Å². The molecular formula is C21H20FNO3S. The molecule has 0 N–H and O–H groups in total. The standard InChI is InChI=1S/C21H20FNO3S/c1-3-12-26-17-7-5-6-16(13-17)23-20(24)18(19(21(23)25)27-4-2)14-8-10-15(22)11-9-14/h5-11,13H,3-4,12H2,1-2H3. The number of imide groups is 1. The molecule has 0 saturated heterocycles. The Morgan fingerprint density at radius 2 is 1.78 bits per heavy atom. The van der Waals surface area contributed by atoms with Crippen LogP contribution >= 0.6 is 11.8 Å². The monoisotopic (exact) mass is 385 g/mol. The Labute approximate surface area is 162 Å². The number of carbonyl (C=O) groups is 2. The number of carbonyl (C=O) groups excluding carboxylic acids is 2. The Morgan fingerprint density at radius 1 is 1.04 bits per heavy atom. The second-order valence-corrected chi connectivity index (χ2v) is 7.21. The molecule has 1 aliphatic rings. The summed E-state index contributed by atoms with van der Waals surface area (Å²) in [6.07, 6.45) is 0.860. The number of anilines is 1. The number of thioether (sulfide) groups is 1. The zero-order valence-corrected chi connectivity index (χ0v) is 16.0. The summed E-state index contributed by atoms with van der Waals surface area (Å²) in [5.41, 5.74) is 1.31. The van der Waals surface area contributed by atoms with Crippen LogP contribution in [0.2, 0.25) is 0 Å². The molecule has 1 heterocycles. The molecule has 0 fully saturated rings. The highest BCUT2D eigenvalue weighted by Crippen LogP contribution is 2.39. The lowest BCUT2D eigenvalue weighted by Crippen LogP contribution is -2.31. The van der Waals surface area contributed by atoms with E-state index in [4.69, 9.17) is 4.74 Å². The molecule has 0 aliphatic carbocycles. The lowest BCUT2D eigenvalue weighted by Gasteiger charge is -2.16. The van der Waals surface area contributed by atoms with E-state index in [-0.39, 0.29) is 5.91 Å². The number of ether oxygens (including phenoxy) is 1. The molecule has 0 bridgehead atoms. The van der Waals surface area contributed by atoms with E-state index >= 15 is 0 Å². The van der Waals surface area contributed by atoms with Gasteiger partial charge in [-0.2, -0.15) is 0 Å². The number of amides is 2. The van der Waals surface area contributed by atoms with E-state index in [2.05, 4.69) is 0 Å². The molecule has 1 aliphatic heterocycles. The van der Waals surface area contributed by atoms with Crippen molar-refractivity contribution in [3.05, 3.63) is 64.8 Å².